The van der Waals surface area contributed by atoms with Gasteiger partial charge in [-0.25, -0.2) is 0 Å². The van der Waals surface area contributed by atoms with Gasteiger partial charge in [-0.2, -0.15) is 39.5 Å². The zero-order valence-corrected chi connectivity index (χ0v) is 10.7. The average Bonchev–Trinajstić information content (AvgIpc) is 2.36. The summed E-state index contributed by atoms with van der Waals surface area (Å²) < 4.78 is 113. The van der Waals surface area contributed by atoms with Crippen molar-refractivity contribution < 1.29 is 39.5 Å². The highest BCUT2D eigenvalue weighted by Crippen LogP contribution is 2.56. The van der Waals surface area contributed by atoms with E-state index in [2.05, 4.69) is 0 Å². The van der Waals surface area contributed by atoms with E-state index in [1.165, 1.54) is 30.3 Å². The van der Waals surface area contributed by atoms with E-state index in [1.54, 1.807) is 0 Å². The van der Waals surface area contributed by atoms with Gasteiger partial charge in [0.1, 0.15) is 0 Å². The first-order valence-corrected chi connectivity index (χ1v) is 6.19. The number of rotatable bonds is 5. The quantitative estimate of drug-likeness (QED) is 0.651. The molecule has 0 unspecified atom stereocenters. The first kappa shape index (κ1) is 18.0. The highest BCUT2D eigenvalue weighted by Gasteiger charge is 2.81. The van der Waals surface area contributed by atoms with Crippen LogP contribution in [0.5, 0.6) is 0 Å². The van der Waals surface area contributed by atoms with Crippen molar-refractivity contribution in [1.29, 1.82) is 0 Å². The summed E-state index contributed by atoms with van der Waals surface area (Å²) in [6.07, 6.45) is -6.78. The molecule has 0 radical (unpaired) electrons. The molecule has 0 aliphatic rings. The molecule has 1 rings (SSSR count). The predicted octanol–water partition coefficient (Wildman–Crippen LogP) is 5.35. The summed E-state index contributed by atoms with van der Waals surface area (Å²) in [5.41, 5.74) is 0.0771. The Bertz CT molecular complexity index is 466. The number of halogens is 9. The second kappa shape index (κ2) is 5.62. The molecule has 0 aliphatic carbocycles. The minimum absolute atomic E-state index is 0.0771. The summed E-state index contributed by atoms with van der Waals surface area (Å²) >= 11 is -0.982. The van der Waals surface area contributed by atoms with E-state index in [-0.39, 0.29) is 5.56 Å². The summed E-state index contributed by atoms with van der Waals surface area (Å²) in [7, 11) is 0. The monoisotopic (exact) mass is 342 g/mol. The topological polar surface area (TPSA) is 0 Å². The molecule has 0 heterocycles. The van der Waals surface area contributed by atoms with Gasteiger partial charge in [0.25, 0.3) is 0 Å². The van der Waals surface area contributed by atoms with E-state index >= 15 is 0 Å². The van der Waals surface area contributed by atoms with Crippen LogP contribution in [0, 0.1) is 0 Å². The molecule has 0 aromatic heterocycles. The molecule has 0 saturated heterocycles. The van der Waals surface area contributed by atoms with Crippen LogP contribution in [0.25, 0.3) is 0 Å². The van der Waals surface area contributed by atoms with Crippen molar-refractivity contribution in [2.75, 3.05) is 0 Å². The van der Waals surface area contributed by atoms with Crippen molar-refractivity contribution in [3.63, 3.8) is 0 Å². The molecule has 1 aromatic rings. The third kappa shape index (κ3) is 3.41. The maximum absolute atomic E-state index is 13.1. The first-order valence-electron chi connectivity index (χ1n) is 5.21. The number of benzene rings is 1. The summed E-state index contributed by atoms with van der Waals surface area (Å²) in [4.78, 5) is 0. The van der Waals surface area contributed by atoms with Crippen LogP contribution >= 0.6 is 11.8 Å². The van der Waals surface area contributed by atoms with E-state index in [0.717, 1.165) is 0 Å². The van der Waals surface area contributed by atoms with E-state index in [9.17, 15) is 39.5 Å². The average molecular weight is 342 g/mol. The van der Waals surface area contributed by atoms with Crippen LogP contribution in [0.15, 0.2) is 30.3 Å². The van der Waals surface area contributed by atoms with Crippen LogP contribution in [0.1, 0.15) is 5.56 Å². The van der Waals surface area contributed by atoms with Crippen LogP contribution in [-0.4, -0.2) is 23.3 Å². The Hall–Kier alpha value is -1.06. The van der Waals surface area contributed by atoms with E-state index < -0.39 is 40.8 Å². The first-order chi connectivity index (χ1) is 9.33. The lowest BCUT2D eigenvalue weighted by Gasteiger charge is -2.33. The van der Waals surface area contributed by atoms with Crippen molar-refractivity contribution in [3.05, 3.63) is 35.9 Å². The van der Waals surface area contributed by atoms with E-state index in [1.807, 2.05) is 0 Å². The molecule has 0 saturated carbocycles. The van der Waals surface area contributed by atoms with Crippen molar-refractivity contribution in [1.82, 2.24) is 0 Å². The van der Waals surface area contributed by atoms with Gasteiger partial charge in [0, 0.05) is 5.75 Å². The Morgan fingerprint density at radius 3 is 1.62 bits per heavy atom. The van der Waals surface area contributed by atoms with Gasteiger partial charge in [-0.1, -0.05) is 42.1 Å². The van der Waals surface area contributed by atoms with Gasteiger partial charge < -0.3 is 0 Å². The molecular formula is C11H7F9S. The van der Waals surface area contributed by atoms with Crippen LogP contribution < -0.4 is 0 Å². The van der Waals surface area contributed by atoms with Crippen LogP contribution in [0.3, 0.4) is 0 Å². The van der Waals surface area contributed by atoms with Gasteiger partial charge >= 0.3 is 23.3 Å². The molecule has 0 spiro atoms. The summed E-state index contributed by atoms with van der Waals surface area (Å²) in [5.74, 6) is -14.3. The lowest BCUT2D eigenvalue weighted by molar-refractivity contribution is -0.381. The van der Waals surface area contributed by atoms with E-state index in [0.29, 0.717) is 0 Å². The fraction of sp³-hybridized carbons (Fsp3) is 0.455. The Kier molecular flexibility index (Phi) is 4.81. The Labute approximate surface area is 117 Å². The molecule has 0 N–H and O–H groups in total. The highest BCUT2D eigenvalue weighted by atomic mass is 32.2. The van der Waals surface area contributed by atoms with Crippen molar-refractivity contribution in [2.24, 2.45) is 0 Å². The summed E-state index contributed by atoms with van der Waals surface area (Å²) in [6.45, 7) is 0. The maximum Gasteiger partial charge on any atom is 0.460 e. The van der Waals surface area contributed by atoms with Crippen molar-refractivity contribution >= 4 is 11.8 Å². The molecule has 0 fully saturated rings. The molecule has 21 heavy (non-hydrogen) atoms. The second-order valence-electron chi connectivity index (χ2n) is 3.94. The molecule has 0 aliphatic heterocycles. The van der Waals surface area contributed by atoms with Gasteiger partial charge in [-0.3, -0.25) is 0 Å². The molecule has 10 heteroatoms. The number of alkyl halides is 9. The zero-order valence-electron chi connectivity index (χ0n) is 9.90. The van der Waals surface area contributed by atoms with Crippen molar-refractivity contribution in [2.45, 2.75) is 29.0 Å². The summed E-state index contributed by atoms with van der Waals surface area (Å²) in [6, 6.07) is 6.71. The molecule has 0 nitrogen and oxygen atoms in total. The minimum Gasteiger partial charge on any atom is -0.191 e. The second-order valence-corrected chi connectivity index (χ2v) is 5.03. The lowest BCUT2D eigenvalue weighted by Crippen LogP contribution is -2.59. The smallest absolute Gasteiger partial charge is 0.191 e. The Morgan fingerprint density at radius 1 is 0.714 bits per heavy atom. The third-order valence-electron chi connectivity index (χ3n) is 2.38. The molecular weight excluding hydrogens is 335 g/mol. The van der Waals surface area contributed by atoms with Gasteiger partial charge in [-0.15, -0.1) is 0 Å². The van der Waals surface area contributed by atoms with Crippen LogP contribution in [-0.2, 0) is 5.75 Å². The number of hydrogen-bond donors (Lipinski definition) is 0. The molecule has 0 bridgehead atoms. The van der Waals surface area contributed by atoms with Gasteiger partial charge in [0.05, 0.1) is 0 Å². The zero-order chi connectivity index (χ0) is 16.5. The van der Waals surface area contributed by atoms with E-state index in [4.69, 9.17) is 0 Å². The fourth-order valence-electron chi connectivity index (χ4n) is 1.20. The largest absolute Gasteiger partial charge is 0.460 e. The molecule has 1 aromatic carbocycles. The SMILES string of the molecule is FC(F)(F)C(F)(F)C(F)(F)C(F)(F)SCc1ccccc1. The third-order valence-corrected chi connectivity index (χ3v) is 3.48. The fourth-order valence-corrected chi connectivity index (χ4v) is 2.05. The Balaban J connectivity index is 2.94. The standard InChI is InChI=1S/C11H7F9S/c12-8(13,10(16,17)18)9(14,15)11(19,20)21-6-7-4-2-1-3-5-7/h1-5H,6H2. The Morgan fingerprint density at radius 2 is 1.19 bits per heavy atom. The van der Waals surface area contributed by atoms with Crippen molar-refractivity contribution in [3.8, 4) is 0 Å². The summed E-state index contributed by atoms with van der Waals surface area (Å²) in [5, 5.41) is -5.60. The van der Waals surface area contributed by atoms with Gasteiger partial charge in [-0.05, 0) is 5.56 Å². The maximum atomic E-state index is 13.1. The van der Waals surface area contributed by atoms with Crippen LogP contribution in [0.4, 0.5) is 39.5 Å². The predicted molar refractivity (Wildman–Crippen MR) is 58.6 cm³/mol. The van der Waals surface area contributed by atoms with Gasteiger partial charge in [0.15, 0.2) is 0 Å². The normalized spacial score (nSPS) is 14.3. The highest BCUT2D eigenvalue weighted by molar-refractivity contribution is 7.99. The number of thioether (sulfide) groups is 1. The minimum atomic E-state index is -6.84. The molecule has 120 valence electrons. The molecule has 0 atom stereocenters. The lowest BCUT2D eigenvalue weighted by atomic mass is 10.1. The molecule has 0 amide bonds. The van der Waals surface area contributed by atoms with Crippen LogP contribution in [0.2, 0.25) is 0 Å². The van der Waals surface area contributed by atoms with Gasteiger partial charge in [0.2, 0.25) is 0 Å². The number of hydrogen-bond acceptors (Lipinski definition) is 1.